The van der Waals surface area contributed by atoms with Gasteiger partial charge in [-0.25, -0.2) is 4.79 Å². The quantitative estimate of drug-likeness (QED) is 0.486. The van der Waals surface area contributed by atoms with Crippen LogP contribution in [0.5, 0.6) is 11.5 Å². The Hall–Kier alpha value is -2.51. The maximum atomic E-state index is 11.9. The van der Waals surface area contributed by atoms with Gasteiger partial charge in [0.15, 0.2) is 16.6 Å². The molecule has 0 saturated carbocycles. The fourth-order valence-electron chi connectivity index (χ4n) is 2.35. The van der Waals surface area contributed by atoms with Crippen LogP contribution in [0.4, 0.5) is 5.69 Å². The number of halogens is 1. The van der Waals surface area contributed by atoms with Gasteiger partial charge in [0.25, 0.3) is 0 Å². The van der Waals surface area contributed by atoms with Crippen molar-refractivity contribution < 1.29 is 19.0 Å². The molecule has 0 aromatic heterocycles. The molecule has 2 aromatic carbocycles. The summed E-state index contributed by atoms with van der Waals surface area (Å²) in [6.45, 7) is 4.34. The van der Waals surface area contributed by atoms with Crippen molar-refractivity contribution in [1.82, 2.24) is 5.32 Å². The highest BCUT2D eigenvalue weighted by atomic mass is 35.5. The minimum absolute atomic E-state index is 0.0678. The molecule has 1 atom stereocenters. The summed E-state index contributed by atoms with van der Waals surface area (Å²) >= 11 is 11.4. The van der Waals surface area contributed by atoms with E-state index < -0.39 is 5.97 Å². The van der Waals surface area contributed by atoms with Gasteiger partial charge in [0.1, 0.15) is 6.61 Å². The summed E-state index contributed by atoms with van der Waals surface area (Å²) in [7, 11) is 1.60. The van der Waals surface area contributed by atoms with Crippen LogP contribution in [0.3, 0.4) is 0 Å². The van der Waals surface area contributed by atoms with Gasteiger partial charge in [0.05, 0.1) is 30.3 Å². The first-order valence-electron chi connectivity index (χ1n) is 8.74. The molecule has 6 nitrogen and oxygen atoms in total. The van der Waals surface area contributed by atoms with E-state index in [-0.39, 0.29) is 18.2 Å². The molecule has 8 heteroatoms. The number of rotatable bonds is 8. The lowest BCUT2D eigenvalue weighted by atomic mass is 10.2. The molecule has 150 valence electrons. The fraction of sp³-hybridized carbons (Fsp3) is 0.300. The monoisotopic (exact) mass is 422 g/mol. The molecule has 0 aliphatic heterocycles. The highest BCUT2D eigenvalue weighted by Crippen LogP contribution is 2.26. The maximum Gasteiger partial charge on any atom is 0.339 e. The minimum Gasteiger partial charge on any atom is -0.493 e. The third-order valence-electron chi connectivity index (χ3n) is 3.65. The number of thiocarbonyl (C=S) groups is 1. The molecule has 0 aliphatic rings. The lowest BCUT2D eigenvalue weighted by molar-refractivity contribution is 0.0526. The van der Waals surface area contributed by atoms with E-state index in [2.05, 4.69) is 10.6 Å². The number of hydrogen-bond donors (Lipinski definition) is 2. The third-order valence-corrected chi connectivity index (χ3v) is 4.20. The zero-order valence-corrected chi connectivity index (χ0v) is 17.5. The van der Waals surface area contributed by atoms with Crippen LogP contribution in [-0.2, 0) is 4.74 Å². The Bertz CT molecular complexity index is 832. The summed E-state index contributed by atoms with van der Waals surface area (Å²) in [5.41, 5.74) is 0.909. The van der Waals surface area contributed by atoms with Crippen LogP contribution in [-0.4, -0.2) is 37.4 Å². The molecule has 2 aromatic rings. The van der Waals surface area contributed by atoms with Gasteiger partial charge in [-0.3, -0.25) is 0 Å². The number of carbonyl (C=O) groups is 1. The predicted octanol–water partition coefficient (Wildman–Crippen LogP) is 4.28. The zero-order chi connectivity index (χ0) is 20.5. The van der Waals surface area contributed by atoms with Crippen LogP contribution in [0, 0.1) is 0 Å². The van der Waals surface area contributed by atoms with Gasteiger partial charge in [-0.1, -0.05) is 23.7 Å². The Morgan fingerprint density at radius 2 is 1.93 bits per heavy atom. The normalized spacial score (nSPS) is 11.3. The molecule has 1 unspecified atom stereocenters. The molecule has 0 amide bonds. The van der Waals surface area contributed by atoms with Crippen molar-refractivity contribution in [2.45, 2.75) is 19.9 Å². The Labute approximate surface area is 175 Å². The number of carbonyl (C=O) groups excluding carboxylic acids is 1. The van der Waals surface area contributed by atoms with Gasteiger partial charge in [-0.05, 0) is 56.4 Å². The van der Waals surface area contributed by atoms with E-state index in [4.69, 9.17) is 38.0 Å². The van der Waals surface area contributed by atoms with Crippen molar-refractivity contribution in [2.75, 3.05) is 25.6 Å². The maximum absolute atomic E-state index is 11.9. The Balaban J connectivity index is 1.91. The standard InChI is InChI=1S/C20H23ClN2O4S/c1-4-26-19(24)15-11-14(9-10-16(15)21)23-20(28)22-13(2)12-27-18-8-6-5-7-17(18)25-3/h5-11,13H,4,12H2,1-3H3,(H2,22,23,28). The Morgan fingerprint density at radius 3 is 2.61 bits per heavy atom. The SMILES string of the molecule is CCOC(=O)c1cc(NC(=S)NC(C)COc2ccccc2OC)ccc1Cl. The predicted molar refractivity (Wildman–Crippen MR) is 115 cm³/mol. The summed E-state index contributed by atoms with van der Waals surface area (Å²) < 4.78 is 16.0. The summed E-state index contributed by atoms with van der Waals surface area (Å²) in [5.74, 6) is 0.853. The minimum atomic E-state index is -0.478. The number of para-hydroxylation sites is 2. The molecule has 0 heterocycles. The van der Waals surface area contributed by atoms with Crippen LogP contribution in [0.25, 0.3) is 0 Å². The Morgan fingerprint density at radius 1 is 1.21 bits per heavy atom. The molecule has 2 rings (SSSR count). The van der Waals surface area contributed by atoms with E-state index >= 15 is 0 Å². The van der Waals surface area contributed by atoms with E-state index in [0.717, 1.165) is 0 Å². The number of esters is 1. The van der Waals surface area contributed by atoms with Gasteiger partial charge < -0.3 is 24.8 Å². The highest BCUT2D eigenvalue weighted by Gasteiger charge is 2.13. The molecule has 0 bridgehead atoms. The molecule has 0 spiro atoms. The van der Waals surface area contributed by atoms with E-state index in [1.807, 2.05) is 31.2 Å². The third kappa shape index (κ3) is 6.28. The molecule has 0 radical (unpaired) electrons. The number of hydrogen-bond acceptors (Lipinski definition) is 5. The van der Waals surface area contributed by atoms with Gasteiger partial charge in [0, 0.05) is 5.69 Å². The van der Waals surface area contributed by atoms with Crippen molar-refractivity contribution in [2.24, 2.45) is 0 Å². The highest BCUT2D eigenvalue weighted by molar-refractivity contribution is 7.80. The van der Waals surface area contributed by atoms with Crippen LogP contribution in [0.1, 0.15) is 24.2 Å². The topological polar surface area (TPSA) is 68.8 Å². The van der Waals surface area contributed by atoms with Crippen molar-refractivity contribution in [1.29, 1.82) is 0 Å². The first-order valence-corrected chi connectivity index (χ1v) is 9.53. The van der Waals surface area contributed by atoms with Gasteiger partial charge in [0.2, 0.25) is 0 Å². The number of benzene rings is 2. The van der Waals surface area contributed by atoms with Crippen LogP contribution >= 0.6 is 23.8 Å². The molecule has 28 heavy (non-hydrogen) atoms. The second kappa shape index (κ2) is 10.7. The molecule has 0 fully saturated rings. The molecular weight excluding hydrogens is 400 g/mol. The first-order chi connectivity index (χ1) is 13.4. The van der Waals surface area contributed by atoms with E-state index in [0.29, 0.717) is 33.9 Å². The van der Waals surface area contributed by atoms with E-state index in [9.17, 15) is 4.79 Å². The van der Waals surface area contributed by atoms with E-state index in [1.54, 1.807) is 32.2 Å². The van der Waals surface area contributed by atoms with Crippen LogP contribution in [0.15, 0.2) is 42.5 Å². The van der Waals surface area contributed by atoms with Crippen molar-refractivity contribution >= 4 is 40.6 Å². The molecular formula is C20H23ClN2O4S. The zero-order valence-electron chi connectivity index (χ0n) is 16.0. The average molecular weight is 423 g/mol. The van der Waals surface area contributed by atoms with E-state index in [1.165, 1.54) is 0 Å². The lowest BCUT2D eigenvalue weighted by Crippen LogP contribution is -2.39. The fourth-order valence-corrected chi connectivity index (χ4v) is 2.87. The smallest absolute Gasteiger partial charge is 0.339 e. The van der Waals surface area contributed by atoms with Gasteiger partial charge in [-0.15, -0.1) is 0 Å². The van der Waals surface area contributed by atoms with Crippen LogP contribution < -0.4 is 20.1 Å². The second-order valence-electron chi connectivity index (χ2n) is 5.88. The second-order valence-corrected chi connectivity index (χ2v) is 6.69. The lowest BCUT2D eigenvalue weighted by Gasteiger charge is -2.19. The summed E-state index contributed by atoms with van der Waals surface area (Å²) in [4.78, 5) is 11.9. The van der Waals surface area contributed by atoms with Crippen molar-refractivity contribution in [3.63, 3.8) is 0 Å². The van der Waals surface area contributed by atoms with Crippen molar-refractivity contribution in [3.8, 4) is 11.5 Å². The molecule has 0 saturated heterocycles. The number of anilines is 1. The summed E-state index contributed by atoms with van der Waals surface area (Å²) in [6.07, 6.45) is 0. The molecule has 0 aliphatic carbocycles. The van der Waals surface area contributed by atoms with Gasteiger partial charge in [-0.2, -0.15) is 0 Å². The summed E-state index contributed by atoms with van der Waals surface area (Å²) in [5, 5.41) is 6.88. The van der Waals surface area contributed by atoms with Crippen LogP contribution in [0.2, 0.25) is 5.02 Å². The Kier molecular flexibility index (Phi) is 8.35. The van der Waals surface area contributed by atoms with Crippen molar-refractivity contribution in [3.05, 3.63) is 53.1 Å². The first kappa shape index (κ1) is 21.8. The molecule has 2 N–H and O–H groups in total. The average Bonchev–Trinajstić information content (AvgIpc) is 2.68. The summed E-state index contributed by atoms with van der Waals surface area (Å²) in [6, 6.07) is 12.3. The number of methoxy groups -OCH3 is 1. The van der Waals surface area contributed by atoms with Gasteiger partial charge >= 0.3 is 5.97 Å². The number of ether oxygens (including phenoxy) is 3. The number of nitrogens with one attached hydrogen (secondary N) is 2. The largest absolute Gasteiger partial charge is 0.493 e.